The molecule has 25 heavy (non-hydrogen) atoms. The Morgan fingerprint density at radius 3 is 2.84 bits per heavy atom. The minimum atomic E-state index is -4.40. The van der Waals surface area contributed by atoms with Gasteiger partial charge in [-0.05, 0) is 25.1 Å². The first-order chi connectivity index (χ1) is 11.7. The number of hydrogen-bond acceptors (Lipinski definition) is 3. The number of anilines is 1. The van der Waals surface area contributed by atoms with Crippen LogP contribution in [0.4, 0.5) is 18.9 Å². The SMILES string of the molecule is C[C@H](COCC(F)(F)F)NC(=O)[C@@H]1CC(=O)N(c2cccc(Cl)c2)C1. The number of halogens is 4. The molecule has 1 saturated heterocycles. The Kier molecular flexibility index (Phi) is 6.29. The van der Waals surface area contributed by atoms with Crippen LogP contribution in [0.5, 0.6) is 0 Å². The van der Waals surface area contributed by atoms with Crippen molar-refractivity contribution < 1.29 is 27.5 Å². The number of carbonyl (C=O) groups is 2. The van der Waals surface area contributed by atoms with E-state index in [4.69, 9.17) is 11.6 Å². The summed E-state index contributed by atoms with van der Waals surface area (Å²) in [7, 11) is 0. The van der Waals surface area contributed by atoms with Crippen molar-refractivity contribution in [1.82, 2.24) is 5.32 Å². The smallest absolute Gasteiger partial charge is 0.370 e. The van der Waals surface area contributed by atoms with E-state index in [9.17, 15) is 22.8 Å². The van der Waals surface area contributed by atoms with Crippen LogP contribution in [0.3, 0.4) is 0 Å². The Balaban J connectivity index is 1.86. The summed E-state index contributed by atoms with van der Waals surface area (Å²) < 4.78 is 40.6. The van der Waals surface area contributed by atoms with E-state index in [0.717, 1.165) is 0 Å². The molecular formula is C16H18ClF3N2O3. The molecule has 2 atom stereocenters. The van der Waals surface area contributed by atoms with Gasteiger partial charge in [-0.15, -0.1) is 0 Å². The molecule has 1 fully saturated rings. The molecule has 2 amide bonds. The second kappa shape index (κ2) is 8.05. The fraction of sp³-hybridized carbons (Fsp3) is 0.500. The molecule has 0 aromatic heterocycles. The Morgan fingerprint density at radius 2 is 2.20 bits per heavy atom. The number of amides is 2. The number of benzene rings is 1. The molecule has 0 radical (unpaired) electrons. The van der Waals surface area contributed by atoms with Crippen LogP contribution in [-0.4, -0.2) is 43.8 Å². The quantitative estimate of drug-likeness (QED) is 0.828. The van der Waals surface area contributed by atoms with E-state index >= 15 is 0 Å². The summed E-state index contributed by atoms with van der Waals surface area (Å²) in [6.07, 6.45) is -4.37. The van der Waals surface area contributed by atoms with Crippen molar-refractivity contribution in [2.75, 3.05) is 24.7 Å². The third kappa shape index (κ3) is 5.89. The highest BCUT2D eigenvalue weighted by atomic mass is 35.5. The van der Waals surface area contributed by atoms with Gasteiger partial charge >= 0.3 is 6.18 Å². The Hall–Kier alpha value is -1.80. The second-order valence-corrected chi connectivity index (χ2v) is 6.36. The predicted octanol–water partition coefficient (Wildman–Crippen LogP) is 2.78. The first-order valence-corrected chi connectivity index (χ1v) is 8.04. The summed E-state index contributed by atoms with van der Waals surface area (Å²) in [6, 6.07) is 6.15. The number of alkyl halides is 3. The zero-order valence-corrected chi connectivity index (χ0v) is 14.2. The van der Waals surface area contributed by atoms with Gasteiger partial charge in [0.2, 0.25) is 11.8 Å². The zero-order valence-electron chi connectivity index (χ0n) is 13.5. The molecule has 1 aliphatic heterocycles. The molecule has 1 aliphatic rings. The zero-order chi connectivity index (χ0) is 18.6. The number of nitrogens with zero attached hydrogens (tertiary/aromatic N) is 1. The van der Waals surface area contributed by atoms with E-state index in [1.807, 2.05) is 0 Å². The number of rotatable bonds is 6. The first-order valence-electron chi connectivity index (χ1n) is 7.66. The van der Waals surface area contributed by atoms with Gasteiger partial charge < -0.3 is 15.0 Å². The molecule has 1 N–H and O–H groups in total. The summed E-state index contributed by atoms with van der Waals surface area (Å²) in [5.41, 5.74) is 0.606. The third-order valence-electron chi connectivity index (χ3n) is 3.64. The summed E-state index contributed by atoms with van der Waals surface area (Å²) in [6.45, 7) is 0.114. The first kappa shape index (κ1) is 19.5. The lowest BCUT2D eigenvalue weighted by Crippen LogP contribution is -2.41. The molecule has 1 heterocycles. The lowest BCUT2D eigenvalue weighted by atomic mass is 10.1. The maximum absolute atomic E-state index is 12.2. The van der Waals surface area contributed by atoms with Crippen LogP contribution in [0.25, 0.3) is 0 Å². The molecule has 0 bridgehead atoms. The summed E-state index contributed by atoms with van der Waals surface area (Å²) in [5.74, 6) is -1.17. The van der Waals surface area contributed by atoms with Crippen molar-refractivity contribution >= 4 is 29.1 Å². The molecular weight excluding hydrogens is 361 g/mol. The highest BCUT2D eigenvalue weighted by molar-refractivity contribution is 6.30. The molecule has 0 unspecified atom stereocenters. The molecule has 0 spiro atoms. The summed E-state index contributed by atoms with van der Waals surface area (Å²) in [5, 5.41) is 3.06. The van der Waals surface area contributed by atoms with E-state index in [1.165, 1.54) is 4.90 Å². The van der Waals surface area contributed by atoms with Crippen LogP contribution in [0.1, 0.15) is 13.3 Å². The maximum atomic E-state index is 12.2. The average molecular weight is 379 g/mol. The maximum Gasteiger partial charge on any atom is 0.411 e. The van der Waals surface area contributed by atoms with Gasteiger partial charge in [0.15, 0.2) is 0 Å². The van der Waals surface area contributed by atoms with Crippen LogP contribution >= 0.6 is 11.6 Å². The standard InChI is InChI=1S/C16H18ClF3N2O3/c1-10(8-25-9-16(18,19)20)21-15(24)11-5-14(23)22(7-11)13-4-2-3-12(17)6-13/h2-4,6,10-11H,5,7-9H2,1H3,(H,21,24)/t10-,11-/m1/s1. The number of carbonyl (C=O) groups excluding carboxylic acids is 2. The Morgan fingerprint density at radius 1 is 1.48 bits per heavy atom. The summed E-state index contributed by atoms with van der Waals surface area (Å²) in [4.78, 5) is 25.8. The molecule has 1 aromatic rings. The van der Waals surface area contributed by atoms with Gasteiger partial charge in [-0.1, -0.05) is 17.7 Å². The van der Waals surface area contributed by atoms with Crippen LogP contribution in [0.15, 0.2) is 24.3 Å². The highest BCUT2D eigenvalue weighted by Gasteiger charge is 2.35. The fourth-order valence-corrected chi connectivity index (χ4v) is 2.72. The molecule has 1 aromatic carbocycles. The predicted molar refractivity (Wildman–Crippen MR) is 86.4 cm³/mol. The van der Waals surface area contributed by atoms with Gasteiger partial charge in [-0.3, -0.25) is 9.59 Å². The van der Waals surface area contributed by atoms with Gasteiger partial charge in [-0.2, -0.15) is 13.2 Å². The van der Waals surface area contributed by atoms with Gasteiger partial charge in [0.05, 0.1) is 12.5 Å². The molecule has 0 aliphatic carbocycles. The number of ether oxygens (including phenoxy) is 1. The molecule has 9 heteroatoms. The van der Waals surface area contributed by atoms with Crippen LogP contribution in [-0.2, 0) is 14.3 Å². The molecule has 5 nitrogen and oxygen atoms in total. The van der Waals surface area contributed by atoms with Gasteiger partial charge in [-0.25, -0.2) is 0 Å². The van der Waals surface area contributed by atoms with E-state index in [0.29, 0.717) is 10.7 Å². The van der Waals surface area contributed by atoms with Crippen molar-refractivity contribution in [2.45, 2.75) is 25.6 Å². The minimum Gasteiger partial charge on any atom is -0.370 e. The third-order valence-corrected chi connectivity index (χ3v) is 3.87. The Labute approximate surface area is 148 Å². The molecule has 0 saturated carbocycles. The number of nitrogens with one attached hydrogen (secondary N) is 1. The van der Waals surface area contributed by atoms with Gasteiger partial charge in [0, 0.05) is 29.7 Å². The van der Waals surface area contributed by atoms with Crippen molar-refractivity contribution in [3.05, 3.63) is 29.3 Å². The fourth-order valence-electron chi connectivity index (χ4n) is 2.53. The molecule has 138 valence electrons. The van der Waals surface area contributed by atoms with Crippen LogP contribution in [0.2, 0.25) is 5.02 Å². The topological polar surface area (TPSA) is 58.6 Å². The monoisotopic (exact) mass is 378 g/mol. The number of hydrogen-bond donors (Lipinski definition) is 1. The van der Waals surface area contributed by atoms with Gasteiger partial charge in [0.25, 0.3) is 0 Å². The van der Waals surface area contributed by atoms with E-state index in [-0.39, 0.29) is 31.4 Å². The molecule has 2 rings (SSSR count). The van der Waals surface area contributed by atoms with Crippen molar-refractivity contribution in [3.8, 4) is 0 Å². The minimum absolute atomic E-state index is 0.0362. The van der Waals surface area contributed by atoms with Crippen LogP contribution in [0, 0.1) is 5.92 Å². The lowest BCUT2D eigenvalue weighted by Gasteiger charge is -2.19. The largest absolute Gasteiger partial charge is 0.411 e. The van der Waals surface area contributed by atoms with Crippen molar-refractivity contribution in [1.29, 1.82) is 0 Å². The van der Waals surface area contributed by atoms with Crippen molar-refractivity contribution in [2.24, 2.45) is 5.92 Å². The summed E-state index contributed by atoms with van der Waals surface area (Å²) >= 11 is 5.91. The van der Waals surface area contributed by atoms with Gasteiger partial charge in [0.1, 0.15) is 6.61 Å². The van der Waals surface area contributed by atoms with E-state index < -0.39 is 24.7 Å². The Bertz CT molecular complexity index is 639. The normalized spacial score (nSPS) is 19.2. The van der Waals surface area contributed by atoms with Crippen LogP contribution < -0.4 is 10.2 Å². The van der Waals surface area contributed by atoms with E-state index in [1.54, 1.807) is 31.2 Å². The van der Waals surface area contributed by atoms with E-state index in [2.05, 4.69) is 10.1 Å². The average Bonchev–Trinajstić information content (AvgIpc) is 2.88. The highest BCUT2D eigenvalue weighted by Crippen LogP contribution is 2.27. The second-order valence-electron chi connectivity index (χ2n) is 5.93. The van der Waals surface area contributed by atoms with Crippen molar-refractivity contribution in [3.63, 3.8) is 0 Å². The lowest BCUT2D eigenvalue weighted by molar-refractivity contribution is -0.175.